The van der Waals surface area contributed by atoms with E-state index >= 15 is 0 Å². The third-order valence-electron chi connectivity index (χ3n) is 7.76. The molecule has 1 aliphatic carbocycles. The number of nitrogens with zero attached hydrogens (tertiary/aromatic N) is 3. The molecule has 3 aromatic rings. The molecule has 1 aromatic heterocycles. The molecule has 4 aliphatic rings. The number of piperidine rings is 2. The molecular formula is C29H35N3O2S. The Labute approximate surface area is 212 Å². The van der Waals surface area contributed by atoms with Crippen LogP contribution < -0.4 is 9.64 Å². The number of morpholine rings is 1. The van der Waals surface area contributed by atoms with Crippen molar-refractivity contribution in [2.75, 3.05) is 44.3 Å². The highest BCUT2D eigenvalue weighted by Crippen LogP contribution is 2.43. The van der Waals surface area contributed by atoms with Crippen molar-refractivity contribution in [3.63, 3.8) is 0 Å². The van der Waals surface area contributed by atoms with Gasteiger partial charge in [0.15, 0.2) is 5.13 Å². The number of anilines is 1. The predicted octanol–water partition coefficient (Wildman–Crippen LogP) is 5.68. The Kier molecular flexibility index (Phi) is 6.52. The monoisotopic (exact) mass is 489 g/mol. The Morgan fingerprint density at radius 3 is 2.60 bits per heavy atom. The topological polar surface area (TPSA) is 37.8 Å². The Hall–Kier alpha value is -2.41. The maximum Gasteiger partial charge on any atom is 0.185 e. The maximum absolute atomic E-state index is 6.41. The van der Waals surface area contributed by atoms with Gasteiger partial charge in [-0.25, -0.2) is 4.98 Å². The zero-order chi connectivity index (χ0) is 23.8. The van der Waals surface area contributed by atoms with Gasteiger partial charge in [0.25, 0.3) is 0 Å². The smallest absolute Gasteiger partial charge is 0.185 e. The van der Waals surface area contributed by atoms with Gasteiger partial charge in [0.1, 0.15) is 12.4 Å². The molecule has 0 atom stereocenters. The zero-order valence-corrected chi connectivity index (χ0v) is 21.7. The van der Waals surface area contributed by atoms with Crippen LogP contribution in [0.25, 0.3) is 11.3 Å². The summed E-state index contributed by atoms with van der Waals surface area (Å²) in [5.41, 5.74) is 7.22. The van der Waals surface area contributed by atoms with Crippen molar-refractivity contribution < 1.29 is 9.47 Å². The first-order valence-corrected chi connectivity index (χ1v) is 13.8. The van der Waals surface area contributed by atoms with E-state index in [9.17, 15) is 0 Å². The maximum atomic E-state index is 6.41. The van der Waals surface area contributed by atoms with Crippen molar-refractivity contribution in [1.82, 2.24) is 9.88 Å². The summed E-state index contributed by atoms with van der Waals surface area (Å²) in [5, 5.41) is 3.36. The van der Waals surface area contributed by atoms with Gasteiger partial charge in [-0.3, -0.25) is 4.90 Å². The van der Waals surface area contributed by atoms with Crippen molar-refractivity contribution in [3.8, 4) is 17.0 Å². The second-order valence-corrected chi connectivity index (χ2v) is 11.4. The van der Waals surface area contributed by atoms with E-state index < -0.39 is 0 Å². The van der Waals surface area contributed by atoms with E-state index in [1.165, 1.54) is 48.2 Å². The average molecular weight is 490 g/mol. The number of hydrogen-bond donors (Lipinski definition) is 0. The summed E-state index contributed by atoms with van der Waals surface area (Å²) in [6, 6.07) is 13.2. The molecule has 6 heteroatoms. The van der Waals surface area contributed by atoms with E-state index in [-0.39, 0.29) is 0 Å². The first-order valence-electron chi connectivity index (χ1n) is 12.9. The number of ether oxygens (including phenoxy) is 2. The second kappa shape index (κ2) is 9.92. The molecule has 2 aromatic carbocycles. The van der Waals surface area contributed by atoms with Crippen molar-refractivity contribution in [2.24, 2.45) is 11.8 Å². The van der Waals surface area contributed by atoms with Crippen LogP contribution in [-0.4, -0.2) is 49.3 Å². The highest BCUT2D eigenvalue weighted by atomic mass is 32.1. The Morgan fingerprint density at radius 1 is 1.03 bits per heavy atom. The van der Waals surface area contributed by atoms with Crippen LogP contribution in [0.4, 0.5) is 5.13 Å². The summed E-state index contributed by atoms with van der Waals surface area (Å²) in [5.74, 6) is 2.66. The third-order valence-corrected chi connectivity index (χ3v) is 8.67. The van der Waals surface area contributed by atoms with Crippen LogP contribution >= 0.6 is 11.3 Å². The molecule has 2 bridgehead atoms. The number of fused-ring (bicyclic) bond motifs is 2. The van der Waals surface area contributed by atoms with Gasteiger partial charge >= 0.3 is 0 Å². The molecule has 0 unspecified atom stereocenters. The quantitative estimate of drug-likeness (QED) is 0.427. The lowest BCUT2D eigenvalue weighted by molar-refractivity contribution is 0.0342. The minimum Gasteiger partial charge on any atom is -0.488 e. The molecule has 1 saturated carbocycles. The summed E-state index contributed by atoms with van der Waals surface area (Å²) in [6.45, 7) is 11.9. The molecule has 184 valence electrons. The van der Waals surface area contributed by atoms with Gasteiger partial charge < -0.3 is 14.4 Å². The van der Waals surface area contributed by atoms with E-state index in [1.54, 1.807) is 11.3 Å². The molecule has 4 heterocycles. The normalized spacial score (nSPS) is 22.2. The molecular weight excluding hydrogens is 454 g/mol. The number of benzene rings is 2. The fourth-order valence-electron chi connectivity index (χ4n) is 5.72. The fourth-order valence-corrected chi connectivity index (χ4v) is 6.57. The van der Waals surface area contributed by atoms with E-state index in [0.717, 1.165) is 66.8 Å². The molecule has 5 nitrogen and oxygen atoms in total. The third kappa shape index (κ3) is 5.11. The lowest BCUT2D eigenvalue weighted by Gasteiger charge is -2.47. The van der Waals surface area contributed by atoms with Crippen LogP contribution in [0.5, 0.6) is 5.75 Å². The molecule has 0 radical (unpaired) electrons. The van der Waals surface area contributed by atoms with Gasteiger partial charge in [-0.1, -0.05) is 29.8 Å². The van der Waals surface area contributed by atoms with Crippen LogP contribution in [0.2, 0.25) is 0 Å². The van der Waals surface area contributed by atoms with E-state index in [0.29, 0.717) is 6.61 Å². The van der Waals surface area contributed by atoms with E-state index in [2.05, 4.69) is 65.4 Å². The van der Waals surface area contributed by atoms with Crippen molar-refractivity contribution >= 4 is 16.5 Å². The minimum atomic E-state index is 0.562. The molecule has 4 fully saturated rings. The molecule has 0 amide bonds. The van der Waals surface area contributed by atoms with Gasteiger partial charge in [0.2, 0.25) is 0 Å². The lowest BCUT2D eigenvalue weighted by atomic mass is 9.71. The highest BCUT2D eigenvalue weighted by Gasteiger charge is 2.38. The van der Waals surface area contributed by atoms with Gasteiger partial charge in [-0.2, -0.15) is 0 Å². The number of aromatic nitrogens is 1. The summed E-state index contributed by atoms with van der Waals surface area (Å²) in [7, 11) is 0. The minimum absolute atomic E-state index is 0.562. The SMILES string of the molecule is Cc1ccc(OCc2ccc(CN3CCOCC3)cc2C)c(-c2csc(N3CC4CC(C4)C3)n2)c1. The standard InChI is InChI=1S/C29H35N3O2S/c1-20-3-6-28(26(11-20)27-19-35-29(30-27)32-16-23-13-24(14-23)17-32)34-18-25-5-4-22(12-21(25)2)15-31-7-9-33-10-8-31/h3-6,11-12,19,23-24H,7-10,13-18H2,1-2H3. The summed E-state index contributed by atoms with van der Waals surface area (Å²) < 4.78 is 11.9. The number of aryl methyl sites for hydroxylation is 2. The van der Waals surface area contributed by atoms with E-state index in [1.807, 2.05) is 0 Å². The van der Waals surface area contributed by atoms with Crippen LogP contribution in [0.15, 0.2) is 41.8 Å². The number of hydrogen-bond acceptors (Lipinski definition) is 6. The summed E-state index contributed by atoms with van der Waals surface area (Å²) in [4.78, 5) is 10.0. The molecule has 0 N–H and O–H groups in total. The van der Waals surface area contributed by atoms with E-state index in [4.69, 9.17) is 14.5 Å². The number of rotatable bonds is 7. The van der Waals surface area contributed by atoms with Crippen LogP contribution in [0.3, 0.4) is 0 Å². The largest absolute Gasteiger partial charge is 0.488 e. The van der Waals surface area contributed by atoms with Crippen LogP contribution in [0.1, 0.15) is 35.1 Å². The molecule has 0 spiro atoms. The van der Waals surface area contributed by atoms with Crippen molar-refractivity contribution in [1.29, 1.82) is 0 Å². The Morgan fingerprint density at radius 2 is 1.83 bits per heavy atom. The first kappa shape index (κ1) is 23.0. The van der Waals surface area contributed by atoms with Gasteiger partial charge in [-0.15, -0.1) is 11.3 Å². The summed E-state index contributed by atoms with van der Waals surface area (Å²) >= 11 is 1.77. The molecule has 35 heavy (non-hydrogen) atoms. The van der Waals surface area contributed by atoms with Gasteiger partial charge in [0, 0.05) is 43.7 Å². The van der Waals surface area contributed by atoms with Crippen LogP contribution in [-0.2, 0) is 17.9 Å². The second-order valence-electron chi connectivity index (χ2n) is 10.6. The van der Waals surface area contributed by atoms with Gasteiger partial charge in [0.05, 0.1) is 18.9 Å². The fraction of sp³-hybridized carbons (Fsp3) is 0.483. The predicted molar refractivity (Wildman–Crippen MR) is 142 cm³/mol. The molecule has 3 aliphatic heterocycles. The zero-order valence-electron chi connectivity index (χ0n) is 20.8. The average Bonchev–Trinajstić information content (AvgIpc) is 3.35. The van der Waals surface area contributed by atoms with Gasteiger partial charge in [-0.05, 0) is 67.3 Å². The van der Waals surface area contributed by atoms with Crippen LogP contribution in [0, 0.1) is 25.7 Å². The number of thiazole rings is 1. The lowest BCUT2D eigenvalue weighted by Crippen LogP contribution is -2.48. The Balaban J connectivity index is 1.15. The first-order chi connectivity index (χ1) is 17.1. The molecule has 7 rings (SSSR count). The molecule has 3 saturated heterocycles. The summed E-state index contributed by atoms with van der Waals surface area (Å²) in [6.07, 6.45) is 2.83. The highest BCUT2D eigenvalue weighted by molar-refractivity contribution is 7.14. The van der Waals surface area contributed by atoms with Crippen molar-refractivity contribution in [3.05, 3.63) is 64.0 Å². The van der Waals surface area contributed by atoms with Crippen molar-refractivity contribution in [2.45, 2.75) is 39.8 Å². The Bertz CT molecular complexity index is 1170.